The number of nitrogens with zero attached hydrogens (tertiary/aromatic N) is 1. The third kappa shape index (κ3) is 2.32. The topological polar surface area (TPSA) is 29.3 Å². The number of likely N-dealkylation sites (tertiary alicyclic amines) is 1. The Balaban J connectivity index is 1.57. The van der Waals surface area contributed by atoms with Crippen molar-refractivity contribution < 1.29 is 0 Å². The highest BCUT2D eigenvalue weighted by atomic mass is 15.2. The standard InChI is InChI=1S/C16H24N2/c17-9-3-6-15-7-4-10-18(15)12-14-11-13-5-1-2-8-16(13)14/h1-2,5,8,14-15H,3-4,6-7,9-12,17H2. The van der Waals surface area contributed by atoms with Gasteiger partial charge in [-0.1, -0.05) is 24.3 Å². The average Bonchev–Trinajstić information content (AvgIpc) is 2.81. The Morgan fingerprint density at radius 3 is 3.00 bits per heavy atom. The Kier molecular flexibility index (Phi) is 3.67. The van der Waals surface area contributed by atoms with Gasteiger partial charge in [-0.05, 0) is 56.3 Å². The monoisotopic (exact) mass is 244 g/mol. The van der Waals surface area contributed by atoms with Gasteiger partial charge in [0.15, 0.2) is 0 Å². The average molecular weight is 244 g/mol. The summed E-state index contributed by atoms with van der Waals surface area (Å²) in [7, 11) is 0. The third-order valence-corrected chi connectivity index (χ3v) is 4.66. The van der Waals surface area contributed by atoms with E-state index in [9.17, 15) is 0 Å². The fourth-order valence-corrected chi connectivity index (χ4v) is 3.62. The van der Waals surface area contributed by atoms with Gasteiger partial charge in [0, 0.05) is 18.5 Å². The van der Waals surface area contributed by atoms with Gasteiger partial charge >= 0.3 is 0 Å². The van der Waals surface area contributed by atoms with Gasteiger partial charge < -0.3 is 5.73 Å². The summed E-state index contributed by atoms with van der Waals surface area (Å²) in [5.74, 6) is 0.791. The minimum atomic E-state index is 0.791. The molecule has 2 nitrogen and oxygen atoms in total. The third-order valence-electron chi connectivity index (χ3n) is 4.66. The van der Waals surface area contributed by atoms with Crippen molar-refractivity contribution in [2.45, 2.75) is 44.1 Å². The SMILES string of the molecule is NCCCC1CCCN1CC1Cc2ccccc21. The van der Waals surface area contributed by atoms with Crippen LogP contribution in [-0.2, 0) is 6.42 Å². The zero-order chi connectivity index (χ0) is 12.4. The number of fused-ring (bicyclic) bond motifs is 1. The van der Waals surface area contributed by atoms with Gasteiger partial charge in [-0.25, -0.2) is 0 Å². The molecule has 1 fully saturated rings. The van der Waals surface area contributed by atoms with Gasteiger partial charge in [0.2, 0.25) is 0 Å². The predicted molar refractivity (Wildman–Crippen MR) is 75.8 cm³/mol. The van der Waals surface area contributed by atoms with E-state index in [1.807, 2.05) is 0 Å². The second-order valence-electron chi connectivity index (χ2n) is 5.82. The lowest BCUT2D eigenvalue weighted by atomic mass is 9.77. The molecule has 98 valence electrons. The molecule has 1 heterocycles. The molecule has 0 amide bonds. The molecular weight excluding hydrogens is 220 g/mol. The normalized spacial score (nSPS) is 26.9. The zero-order valence-electron chi connectivity index (χ0n) is 11.1. The van der Waals surface area contributed by atoms with Crippen LogP contribution in [0, 0.1) is 0 Å². The Bertz CT molecular complexity index is 402. The lowest BCUT2D eigenvalue weighted by Crippen LogP contribution is -2.36. The molecule has 0 spiro atoms. The van der Waals surface area contributed by atoms with Crippen molar-refractivity contribution in [2.75, 3.05) is 19.6 Å². The summed E-state index contributed by atoms with van der Waals surface area (Å²) >= 11 is 0. The number of nitrogens with two attached hydrogens (primary N) is 1. The van der Waals surface area contributed by atoms with E-state index in [2.05, 4.69) is 29.2 Å². The smallest absolute Gasteiger partial charge is 0.00964 e. The first-order valence-corrected chi connectivity index (χ1v) is 7.40. The highest BCUT2D eigenvalue weighted by Gasteiger charge is 2.31. The van der Waals surface area contributed by atoms with Crippen molar-refractivity contribution in [1.29, 1.82) is 0 Å². The summed E-state index contributed by atoms with van der Waals surface area (Å²) in [5, 5.41) is 0. The second-order valence-corrected chi connectivity index (χ2v) is 5.82. The Labute approximate surface area is 110 Å². The number of rotatable bonds is 5. The Morgan fingerprint density at radius 1 is 1.28 bits per heavy atom. The predicted octanol–water partition coefficient (Wildman–Crippen LogP) is 2.53. The molecule has 1 aliphatic carbocycles. The number of hydrogen-bond donors (Lipinski definition) is 1. The molecule has 1 aliphatic heterocycles. The second kappa shape index (κ2) is 5.41. The van der Waals surface area contributed by atoms with Crippen molar-refractivity contribution in [2.24, 2.45) is 5.73 Å². The van der Waals surface area contributed by atoms with Crippen LogP contribution in [0.4, 0.5) is 0 Å². The molecular formula is C16H24N2. The van der Waals surface area contributed by atoms with Crippen LogP contribution in [0.1, 0.15) is 42.7 Å². The summed E-state index contributed by atoms with van der Waals surface area (Å²) in [4.78, 5) is 2.72. The Morgan fingerprint density at radius 2 is 2.17 bits per heavy atom. The van der Waals surface area contributed by atoms with Gasteiger partial charge in [-0.3, -0.25) is 4.90 Å². The maximum absolute atomic E-state index is 5.64. The van der Waals surface area contributed by atoms with Crippen molar-refractivity contribution in [3.05, 3.63) is 35.4 Å². The van der Waals surface area contributed by atoms with Crippen molar-refractivity contribution in [3.63, 3.8) is 0 Å². The molecule has 2 atom stereocenters. The van der Waals surface area contributed by atoms with E-state index in [1.54, 1.807) is 11.1 Å². The molecule has 1 aromatic carbocycles. The zero-order valence-corrected chi connectivity index (χ0v) is 11.1. The van der Waals surface area contributed by atoms with Crippen LogP contribution < -0.4 is 5.73 Å². The molecule has 1 aromatic rings. The van der Waals surface area contributed by atoms with Crippen molar-refractivity contribution in [3.8, 4) is 0 Å². The Hall–Kier alpha value is -0.860. The largest absolute Gasteiger partial charge is 0.330 e. The van der Waals surface area contributed by atoms with Crippen molar-refractivity contribution in [1.82, 2.24) is 4.90 Å². The molecule has 2 unspecified atom stereocenters. The first-order valence-electron chi connectivity index (χ1n) is 7.40. The van der Waals surface area contributed by atoms with Crippen LogP contribution in [0.2, 0.25) is 0 Å². The van der Waals surface area contributed by atoms with Crippen LogP contribution in [0.5, 0.6) is 0 Å². The molecule has 2 aliphatic rings. The lowest BCUT2D eigenvalue weighted by Gasteiger charge is -2.35. The molecule has 1 saturated heterocycles. The highest BCUT2D eigenvalue weighted by molar-refractivity contribution is 5.40. The van der Waals surface area contributed by atoms with Crippen LogP contribution in [0.3, 0.4) is 0 Å². The van der Waals surface area contributed by atoms with Crippen LogP contribution in [-0.4, -0.2) is 30.6 Å². The van der Waals surface area contributed by atoms with E-state index in [4.69, 9.17) is 5.73 Å². The van der Waals surface area contributed by atoms with Gasteiger partial charge in [0.05, 0.1) is 0 Å². The van der Waals surface area contributed by atoms with Crippen molar-refractivity contribution >= 4 is 0 Å². The van der Waals surface area contributed by atoms with Gasteiger partial charge in [0.1, 0.15) is 0 Å². The van der Waals surface area contributed by atoms with E-state index >= 15 is 0 Å². The first-order chi connectivity index (χ1) is 8.88. The quantitative estimate of drug-likeness (QED) is 0.862. The highest BCUT2D eigenvalue weighted by Crippen LogP contribution is 2.37. The van der Waals surface area contributed by atoms with Crippen LogP contribution >= 0.6 is 0 Å². The summed E-state index contributed by atoms with van der Waals surface area (Å²) in [6, 6.07) is 9.74. The summed E-state index contributed by atoms with van der Waals surface area (Å²) in [5.41, 5.74) is 8.80. The molecule has 18 heavy (non-hydrogen) atoms. The van der Waals surface area contributed by atoms with Gasteiger partial charge in [0.25, 0.3) is 0 Å². The minimum Gasteiger partial charge on any atom is -0.330 e. The molecule has 2 heteroatoms. The number of hydrogen-bond acceptors (Lipinski definition) is 2. The molecule has 0 saturated carbocycles. The minimum absolute atomic E-state index is 0.791. The van der Waals surface area contributed by atoms with E-state index < -0.39 is 0 Å². The molecule has 2 N–H and O–H groups in total. The summed E-state index contributed by atoms with van der Waals surface area (Å²) < 4.78 is 0. The van der Waals surface area contributed by atoms with E-state index in [0.29, 0.717) is 0 Å². The fourth-order valence-electron chi connectivity index (χ4n) is 3.62. The molecule has 3 rings (SSSR count). The van der Waals surface area contributed by atoms with E-state index in [1.165, 1.54) is 45.2 Å². The van der Waals surface area contributed by atoms with Crippen LogP contribution in [0.15, 0.2) is 24.3 Å². The lowest BCUT2D eigenvalue weighted by molar-refractivity contribution is 0.219. The first kappa shape index (κ1) is 12.2. The molecule has 0 bridgehead atoms. The van der Waals surface area contributed by atoms with E-state index in [-0.39, 0.29) is 0 Å². The maximum Gasteiger partial charge on any atom is 0.00964 e. The van der Waals surface area contributed by atoms with Gasteiger partial charge in [-0.2, -0.15) is 0 Å². The summed E-state index contributed by atoms with van der Waals surface area (Å²) in [6.07, 6.45) is 6.53. The fraction of sp³-hybridized carbons (Fsp3) is 0.625. The molecule has 0 radical (unpaired) electrons. The van der Waals surface area contributed by atoms with Gasteiger partial charge in [-0.15, -0.1) is 0 Å². The van der Waals surface area contributed by atoms with Crippen LogP contribution in [0.25, 0.3) is 0 Å². The van der Waals surface area contributed by atoms with E-state index in [0.717, 1.165) is 18.5 Å². The molecule has 0 aromatic heterocycles. The number of benzene rings is 1. The maximum atomic E-state index is 5.64. The summed E-state index contributed by atoms with van der Waals surface area (Å²) in [6.45, 7) is 3.41.